The molecule has 2 aromatic rings. The van der Waals surface area contributed by atoms with Gasteiger partial charge in [-0.05, 0) is 43.5 Å². The van der Waals surface area contributed by atoms with E-state index in [0.29, 0.717) is 24.8 Å². The van der Waals surface area contributed by atoms with Gasteiger partial charge >= 0.3 is 0 Å². The van der Waals surface area contributed by atoms with Crippen LogP contribution in [-0.4, -0.2) is 81.1 Å². The molecule has 1 atom stereocenters. The van der Waals surface area contributed by atoms with E-state index in [-0.39, 0.29) is 5.91 Å². The summed E-state index contributed by atoms with van der Waals surface area (Å²) in [5.41, 5.74) is 1.21. The number of hydrogen-bond acceptors (Lipinski definition) is 5. The highest BCUT2D eigenvalue weighted by Gasteiger charge is 2.26. The number of amides is 1. The first-order valence-corrected chi connectivity index (χ1v) is 11.4. The Bertz CT molecular complexity index is 906. The number of benzene rings is 1. The first-order chi connectivity index (χ1) is 15.7. The number of carbonyl (C=O) groups is 1. The van der Waals surface area contributed by atoms with Gasteiger partial charge in [-0.1, -0.05) is 6.07 Å². The van der Waals surface area contributed by atoms with E-state index in [1.54, 1.807) is 19.2 Å². The topological polar surface area (TPSA) is 73.6 Å². The number of ether oxygens (including phenoxy) is 1. The van der Waals surface area contributed by atoms with Gasteiger partial charge in [-0.15, -0.1) is 0 Å². The first kappa shape index (κ1) is 22.0. The fourth-order valence-corrected chi connectivity index (χ4v) is 4.34. The van der Waals surface area contributed by atoms with Gasteiger partial charge in [-0.2, -0.15) is 0 Å². The van der Waals surface area contributed by atoms with Crippen LogP contribution in [0.3, 0.4) is 0 Å². The number of furan rings is 1. The van der Waals surface area contributed by atoms with Gasteiger partial charge in [-0.3, -0.25) is 9.79 Å². The van der Waals surface area contributed by atoms with Crippen LogP contribution in [0.1, 0.15) is 23.9 Å². The zero-order valence-corrected chi connectivity index (χ0v) is 19.0. The molecule has 1 aromatic carbocycles. The smallest absolute Gasteiger partial charge is 0.289 e. The monoisotopic (exact) mass is 439 g/mol. The third-order valence-corrected chi connectivity index (χ3v) is 6.14. The van der Waals surface area contributed by atoms with Crippen molar-refractivity contribution < 1.29 is 13.9 Å². The molecule has 1 N–H and O–H groups in total. The molecule has 32 heavy (non-hydrogen) atoms. The summed E-state index contributed by atoms with van der Waals surface area (Å²) in [6, 6.07) is 11.7. The highest BCUT2D eigenvalue weighted by Crippen LogP contribution is 2.27. The molecule has 0 spiro atoms. The molecule has 3 heterocycles. The lowest BCUT2D eigenvalue weighted by molar-refractivity contribution is 0.0657. The maximum atomic E-state index is 12.5. The molecule has 1 unspecified atom stereocenters. The number of methoxy groups -OCH3 is 1. The minimum absolute atomic E-state index is 0.0415. The van der Waals surface area contributed by atoms with Gasteiger partial charge in [-0.25, -0.2) is 0 Å². The van der Waals surface area contributed by atoms with Crippen LogP contribution in [0, 0.1) is 5.92 Å². The molecule has 0 bridgehead atoms. The van der Waals surface area contributed by atoms with Crippen molar-refractivity contribution in [1.29, 1.82) is 0 Å². The minimum Gasteiger partial charge on any atom is -0.497 e. The van der Waals surface area contributed by atoms with Crippen molar-refractivity contribution in [2.75, 3.05) is 64.4 Å². The molecule has 1 amide bonds. The van der Waals surface area contributed by atoms with Crippen molar-refractivity contribution in [3.05, 3.63) is 48.4 Å². The van der Waals surface area contributed by atoms with Gasteiger partial charge in [0.25, 0.3) is 5.91 Å². The fraction of sp³-hybridized carbons (Fsp3) is 0.500. The average Bonchev–Trinajstić information content (AvgIpc) is 3.54. The zero-order chi connectivity index (χ0) is 22.3. The summed E-state index contributed by atoms with van der Waals surface area (Å²) in [5.74, 6) is 2.72. The van der Waals surface area contributed by atoms with Crippen LogP contribution in [-0.2, 0) is 0 Å². The summed E-state index contributed by atoms with van der Waals surface area (Å²) in [6.07, 6.45) is 2.67. The minimum atomic E-state index is -0.0415. The largest absolute Gasteiger partial charge is 0.497 e. The van der Waals surface area contributed by atoms with E-state index in [9.17, 15) is 4.79 Å². The summed E-state index contributed by atoms with van der Waals surface area (Å²) in [7, 11) is 1.70. The van der Waals surface area contributed by atoms with Gasteiger partial charge in [0.1, 0.15) is 5.75 Å². The van der Waals surface area contributed by atoms with Crippen LogP contribution >= 0.6 is 0 Å². The van der Waals surface area contributed by atoms with Crippen LogP contribution < -0.4 is 15.0 Å². The van der Waals surface area contributed by atoms with Gasteiger partial charge in [0.15, 0.2) is 11.7 Å². The molecule has 2 saturated heterocycles. The molecule has 0 radical (unpaired) electrons. The van der Waals surface area contributed by atoms with Gasteiger partial charge < -0.3 is 29.2 Å². The average molecular weight is 440 g/mol. The van der Waals surface area contributed by atoms with Crippen molar-refractivity contribution >= 4 is 17.6 Å². The second kappa shape index (κ2) is 10.4. The SMILES string of the molecule is CCNC(=NCC1CCN(c2cccc(OC)c2)C1)N1CCN(C(=O)c2ccco2)CC1. The second-order valence-electron chi connectivity index (χ2n) is 8.25. The lowest BCUT2D eigenvalue weighted by Crippen LogP contribution is -2.53. The quantitative estimate of drug-likeness (QED) is 0.551. The maximum absolute atomic E-state index is 12.5. The normalized spacial score (nSPS) is 19.4. The number of rotatable bonds is 6. The zero-order valence-electron chi connectivity index (χ0n) is 19.0. The van der Waals surface area contributed by atoms with Crippen LogP contribution in [0.2, 0.25) is 0 Å². The predicted octanol–water partition coefficient (Wildman–Crippen LogP) is 2.54. The number of aliphatic imine (C=N–C) groups is 1. The molecular formula is C24H33N5O3. The number of hydrogen-bond donors (Lipinski definition) is 1. The Morgan fingerprint density at radius 3 is 2.69 bits per heavy atom. The third-order valence-electron chi connectivity index (χ3n) is 6.14. The van der Waals surface area contributed by atoms with Crippen molar-refractivity contribution in [3.63, 3.8) is 0 Å². The van der Waals surface area contributed by atoms with Crippen molar-refractivity contribution in [1.82, 2.24) is 15.1 Å². The van der Waals surface area contributed by atoms with Crippen molar-refractivity contribution in [3.8, 4) is 5.75 Å². The van der Waals surface area contributed by atoms with Crippen LogP contribution in [0.4, 0.5) is 5.69 Å². The Kier molecular flexibility index (Phi) is 7.19. The summed E-state index contributed by atoms with van der Waals surface area (Å²) in [4.78, 5) is 24.0. The van der Waals surface area contributed by atoms with Crippen LogP contribution in [0.25, 0.3) is 0 Å². The van der Waals surface area contributed by atoms with Crippen LogP contribution in [0.15, 0.2) is 52.1 Å². The highest BCUT2D eigenvalue weighted by atomic mass is 16.5. The number of anilines is 1. The number of carbonyl (C=O) groups excluding carboxylic acids is 1. The molecule has 0 saturated carbocycles. The second-order valence-corrected chi connectivity index (χ2v) is 8.25. The first-order valence-electron chi connectivity index (χ1n) is 11.4. The predicted molar refractivity (Wildman–Crippen MR) is 125 cm³/mol. The number of nitrogens with zero attached hydrogens (tertiary/aromatic N) is 4. The molecule has 0 aliphatic carbocycles. The summed E-state index contributed by atoms with van der Waals surface area (Å²) in [6.45, 7) is 8.61. The van der Waals surface area contributed by atoms with E-state index in [1.165, 1.54) is 12.0 Å². The molecule has 4 rings (SSSR count). The van der Waals surface area contributed by atoms with Gasteiger partial charge in [0, 0.05) is 64.1 Å². The third kappa shape index (κ3) is 5.18. The van der Waals surface area contributed by atoms with E-state index >= 15 is 0 Å². The van der Waals surface area contributed by atoms with Crippen molar-refractivity contribution in [2.45, 2.75) is 13.3 Å². The lowest BCUT2D eigenvalue weighted by atomic mass is 10.1. The van der Waals surface area contributed by atoms with Gasteiger partial charge in [0.05, 0.1) is 13.4 Å². The van der Waals surface area contributed by atoms with E-state index in [2.05, 4.69) is 34.2 Å². The fourth-order valence-electron chi connectivity index (χ4n) is 4.34. The summed E-state index contributed by atoms with van der Waals surface area (Å²) < 4.78 is 10.6. The van der Waals surface area contributed by atoms with Gasteiger partial charge in [0.2, 0.25) is 0 Å². The summed E-state index contributed by atoms with van der Waals surface area (Å²) in [5, 5.41) is 3.43. The Labute approximate surface area is 189 Å². The Hall–Kier alpha value is -3.16. The van der Waals surface area contributed by atoms with Crippen LogP contribution in [0.5, 0.6) is 5.75 Å². The molecular weight excluding hydrogens is 406 g/mol. The molecule has 2 fully saturated rings. The van der Waals surface area contributed by atoms with E-state index in [1.807, 2.05) is 17.0 Å². The Morgan fingerprint density at radius 1 is 1.16 bits per heavy atom. The number of guanidine groups is 1. The Morgan fingerprint density at radius 2 is 1.97 bits per heavy atom. The van der Waals surface area contributed by atoms with E-state index < -0.39 is 0 Å². The molecule has 2 aliphatic rings. The summed E-state index contributed by atoms with van der Waals surface area (Å²) >= 11 is 0. The highest BCUT2D eigenvalue weighted by molar-refractivity contribution is 5.91. The van der Waals surface area contributed by atoms with E-state index in [4.69, 9.17) is 14.1 Å². The number of piperazine rings is 1. The standard InChI is InChI=1S/C24H33N5O3/c1-3-25-24(28-13-11-27(12-14-28)23(30)22-8-5-15-32-22)26-17-19-9-10-29(18-19)20-6-4-7-21(16-20)31-2/h4-8,15-16,19H,3,9-14,17-18H2,1-2H3,(H,25,26). The Balaban J connectivity index is 1.31. The van der Waals surface area contributed by atoms with Crippen molar-refractivity contribution in [2.24, 2.45) is 10.9 Å². The molecule has 1 aromatic heterocycles. The molecule has 2 aliphatic heterocycles. The molecule has 8 heteroatoms. The molecule has 8 nitrogen and oxygen atoms in total. The van der Waals surface area contributed by atoms with E-state index in [0.717, 1.165) is 57.4 Å². The molecule has 172 valence electrons. The number of nitrogens with one attached hydrogen (secondary N) is 1. The maximum Gasteiger partial charge on any atom is 0.289 e. The lowest BCUT2D eigenvalue weighted by Gasteiger charge is -2.36.